The van der Waals surface area contributed by atoms with E-state index in [1.165, 1.54) is 29.8 Å². The van der Waals surface area contributed by atoms with Crippen molar-refractivity contribution in [1.29, 1.82) is 0 Å². The molecular formula is C17H23N3. The zero-order chi connectivity index (χ0) is 14.3. The van der Waals surface area contributed by atoms with Crippen LogP contribution >= 0.6 is 0 Å². The summed E-state index contributed by atoms with van der Waals surface area (Å²) in [4.78, 5) is 4.87. The molecule has 3 nitrogen and oxygen atoms in total. The van der Waals surface area contributed by atoms with E-state index in [9.17, 15) is 0 Å². The van der Waals surface area contributed by atoms with Gasteiger partial charge in [-0.05, 0) is 50.3 Å². The van der Waals surface area contributed by atoms with E-state index in [2.05, 4.69) is 43.5 Å². The van der Waals surface area contributed by atoms with E-state index in [1.54, 1.807) is 0 Å². The van der Waals surface area contributed by atoms with E-state index in [1.807, 2.05) is 0 Å². The standard InChI is InChI=1S/C17H23N3/c1-4-9-20-16(18)15(19-17(20)13-7-8-13)14-6-5-11(2)12(3)10-14/h5-6,10,13H,4,7-9,18H2,1-3H3. The second-order valence-corrected chi connectivity index (χ2v) is 5.93. The van der Waals surface area contributed by atoms with Crippen LogP contribution in [0.15, 0.2) is 18.2 Å². The zero-order valence-electron chi connectivity index (χ0n) is 12.6. The summed E-state index contributed by atoms with van der Waals surface area (Å²) >= 11 is 0. The highest BCUT2D eigenvalue weighted by Crippen LogP contribution is 2.42. The Bertz CT molecular complexity index is 636. The lowest BCUT2D eigenvalue weighted by Gasteiger charge is -2.07. The highest BCUT2D eigenvalue weighted by Gasteiger charge is 2.30. The molecule has 2 aromatic rings. The fraction of sp³-hybridized carbons (Fsp3) is 0.471. The smallest absolute Gasteiger partial charge is 0.131 e. The quantitative estimate of drug-likeness (QED) is 0.910. The number of benzene rings is 1. The molecule has 0 aliphatic heterocycles. The molecule has 0 spiro atoms. The van der Waals surface area contributed by atoms with Gasteiger partial charge < -0.3 is 10.3 Å². The van der Waals surface area contributed by atoms with E-state index >= 15 is 0 Å². The third-order valence-electron chi connectivity index (χ3n) is 4.21. The normalized spacial score (nSPS) is 14.8. The Morgan fingerprint density at radius 1 is 1.25 bits per heavy atom. The summed E-state index contributed by atoms with van der Waals surface area (Å²) in [6.07, 6.45) is 3.60. The molecule has 0 saturated heterocycles. The van der Waals surface area contributed by atoms with Gasteiger partial charge in [-0.2, -0.15) is 0 Å². The maximum atomic E-state index is 6.38. The highest BCUT2D eigenvalue weighted by atomic mass is 15.1. The van der Waals surface area contributed by atoms with Crippen molar-refractivity contribution in [1.82, 2.24) is 9.55 Å². The lowest BCUT2D eigenvalue weighted by Crippen LogP contribution is -2.06. The zero-order valence-corrected chi connectivity index (χ0v) is 12.6. The van der Waals surface area contributed by atoms with Crippen molar-refractivity contribution in [3.05, 3.63) is 35.2 Å². The van der Waals surface area contributed by atoms with Crippen LogP contribution in [0.2, 0.25) is 0 Å². The van der Waals surface area contributed by atoms with Crippen LogP contribution in [0, 0.1) is 13.8 Å². The SMILES string of the molecule is CCCn1c(C2CC2)nc(-c2ccc(C)c(C)c2)c1N. The fourth-order valence-corrected chi connectivity index (χ4v) is 2.70. The van der Waals surface area contributed by atoms with Gasteiger partial charge in [-0.15, -0.1) is 0 Å². The molecule has 0 amide bonds. The Balaban J connectivity index is 2.08. The van der Waals surface area contributed by atoms with Crippen LogP contribution in [0.4, 0.5) is 5.82 Å². The van der Waals surface area contributed by atoms with Gasteiger partial charge in [0, 0.05) is 18.0 Å². The van der Waals surface area contributed by atoms with Crippen LogP contribution < -0.4 is 5.73 Å². The van der Waals surface area contributed by atoms with E-state index in [-0.39, 0.29) is 0 Å². The molecule has 1 aliphatic carbocycles. The van der Waals surface area contributed by atoms with E-state index < -0.39 is 0 Å². The van der Waals surface area contributed by atoms with Crippen LogP contribution in [0.3, 0.4) is 0 Å². The molecular weight excluding hydrogens is 246 g/mol. The van der Waals surface area contributed by atoms with Crippen molar-refractivity contribution in [2.75, 3.05) is 5.73 Å². The molecule has 1 aliphatic rings. The predicted octanol–water partition coefficient (Wildman–Crippen LogP) is 4.04. The summed E-state index contributed by atoms with van der Waals surface area (Å²) < 4.78 is 2.22. The first-order valence-electron chi connectivity index (χ1n) is 7.55. The molecule has 3 rings (SSSR count). The second kappa shape index (κ2) is 4.97. The van der Waals surface area contributed by atoms with Crippen molar-refractivity contribution in [2.24, 2.45) is 0 Å². The number of imidazole rings is 1. The molecule has 0 atom stereocenters. The first-order valence-corrected chi connectivity index (χ1v) is 7.55. The minimum Gasteiger partial charge on any atom is -0.383 e. The van der Waals surface area contributed by atoms with Gasteiger partial charge in [0.1, 0.15) is 17.3 Å². The molecule has 20 heavy (non-hydrogen) atoms. The summed E-state index contributed by atoms with van der Waals surface area (Å²) in [7, 11) is 0. The van der Waals surface area contributed by atoms with E-state index in [0.717, 1.165) is 30.0 Å². The largest absolute Gasteiger partial charge is 0.383 e. The lowest BCUT2D eigenvalue weighted by molar-refractivity contribution is 0.646. The molecule has 0 unspecified atom stereocenters. The van der Waals surface area contributed by atoms with Crippen molar-refractivity contribution in [3.8, 4) is 11.3 Å². The van der Waals surface area contributed by atoms with Crippen molar-refractivity contribution < 1.29 is 0 Å². The molecule has 1 fully saturated rings. The maximum absolute atomic E-state index is 6.38. The van der Waals surface area contributed by atoms with Crippen LogP contribution in [0.1, 0.15) is 49.1 Å². The molecule has 3 heteroatoms. The van der Waals surface area contributed by atoms with E-state index in [0.29, 0.717) is 5.92 Å². The van der Waals surface area contributed by atoms with Crippen LogP contribution in [-0.2, 0) is 6.54 Å². The number of hydrogen-bond donors (Lipinski definition) is 1. The Hall–Kier alpha value is -1.77. The average molecular weight is 269 g/mol. The number of hydrogen-bond acceptors (Lipinski definition) is 2. The first-order chi connectivity index (χ1) is 9.61. The van der Waals surface area contributed by atoms with Crippen molar-refractivity contribution in [3.63, 3.8) is 0 Å². The highest BCUT2D eigenvalue weighted by molar-refractivity contribution is 5.72. The number of rotatable bonds is 4. The molecule has 1 aromatic carbocycles. The Morgan fingerprint density at radius 2 is 2.00 bits per heavy atom. The Kier molecular flexibility index (Phi) is 3.28. The topological polar surface area (TPSA) is 43.8 Å². The summed E-state index contributed by atoms with van der Waals surface area (Å²) in [6.45, 7) is 7.43. The number of aromatic nitrogens is 2. The average Bonchev–Trinajstić information content (AvgIpc) is 3.21. The summed E-state index contributed by atoms with van der Waals surface area (Å²) in [5.41, 5.74) is 11.1. The van der Waals surface area contributed by atoms with E-state index in [4.69, 9.17) is 10.7 Å². The third kappa shape index (κ3) is 2.21. The minimum absolute atomic E-state index is 0.629. The molecule has 0 bridgehead atoms. The molecule has 1 heterocycles. The Morgan fingerprint density at radius 3 is 2.60 bits per heavy atom. The van der Waals surface area contributed by atoms with Crippen LogP contribution in [-0.4, -0.2) is 9.55 Å². The van der Waals surface area contributed by atoms with Gasteiger partial charge in [-0.25, -0.2) is 4.98 Å². The predicted molar refractivity (Wildman–Crippen MR) is 83.8 cm³/mol. The minimum atomic E-state index is 0.629. The molecule has 1 saturated carbocycles. The molecule has 106 valence electrons. The van der Waals surface area contributed by atoms with Gasteiger partial charge in [-0.1, -0.05) is 19.1 Å². The van der Waals surface area contributed by atoms with Crippen molar-refractivity contribution in [2.45, 2.75) is 52.5 Å². The van der Waals surface area contributed by atoms with Gasteiger partial charge in [0.25, 0.3) is 0 Å². The first kappa shape index (κ1) is 13.2. The summed E-state index contributed by atoms with van der Waals surface area (Å²) in [5.74, 6) is 2.65. The van der Waals surface area contributed by atoms with Gasteiger partial charge in [0.15, 0.2) is 0 Å². The second-order valence-electron chi connectivity index (χ2n) is 5.93. The number of nitrogen functional groups attached to an aromatic ring is 1. The maximum Gasteiger partial charge on any atom is 0.131 e. The molecule has 1 aromatic heterocycles. The van der Waals surface area contributed by atoms with Gasteiger partial charge in [0.05, 0.1) is 0 Å². The molecule has 2 N–H and O–H groups in total. The van der Waals surface area contributed by atoms with Crippen LogP contribution in [0.25, 0.3) is 11.3 Å². The number of nitrogens with two attached hydrogens (primary N) is 1. The third-order valence-corrected chi connectivity index (χ3v) is 4.21. The fourth-order valence-electron chi connectivity index (χ4n) is 2.70. The summed E-state index contributed by atoms with van der Waals surface area (Å²) in [5, 5.41) is 0. The molecule has 0 radical (unpaired) electrons. The number of anilines is 1. The van der Waals surface area contributed by atoms with Crippen molar-refractivity contribution >= 4 is 5.82 Å². The monoisotopic (exact) mass is 269 g/mol. The van der Waals surface area contributed by atoms with Gasteiger partial charge in [-0.3, -0.25) is 0 Å². The number of nitrogens with zero attached hydrogens (tertiary/aromatic N) is 2. The lowest BCUT2D eigenvalue weighted by atomic mass is 10.0. The van der Waals surface area contributed by atoms with Gasteiger partial charge >= 0.3 is 0 Å². The summed E-state index contributed by atoms with van der Waals surface area (Å²) in [6, 6.07) is 6.48. The Labute approximate surface area is 120 Å². The van der Waals surface area contributed by atoms with Gasteiger partial charge in [0.2, 0.25) is 0 Å². The van der Waals surface area contributed by atoms with Crippen LogP contribution in [0.5, 0.6) is 0 Å². The number of aryl methyl sites for hydroxylation is 2.